The van der Waals surface area contributed by atoms with Gasteiger partial charge in [0.1, 0.15) is 5.57 Å². The summed E-state index contributed by atoms with van der Waals surface area (Å²) in [6, 6.07) is 8.55. The topological polar surface area (TPSA) is 52.6 Å². The fourth-order valence-electron chi connectivity index (χ4n) is 6.93. The number of ether oxygens (including phenoxy) is 2. The van der Waals surface area contributed by atoms with Gasteiger partial charge >= 0.3 is 11.9 Å². The van der Waals surface area contributed by atoms with Gasteiger partial charge in [-0.1, -0.05) is 45.0 Å². The summed E-state index contributed by atoms with van der Waals surface area (Å²) in [6.45, 7) is 10.9. The third-order valence-electron chi connectivity index (χ3n) is 8.28. The van der Waals surface area contributed by atoms with Gasteiger partial charge in [-0.05, 0) is 73.0 Å². The van der Waals surface area contributed by atoms with Crippen molar-refractivity contribution in [3.8, 4) is 0 Å². The minimum atomic E-state index is -0.527. The average Bonchev–Trinajstić information content (AvgIpc) is 3.18. The summed E-state index contributed by atoms with van der Waals surface area (Å²) >= 11 is 0. The van der Waals surface area contributed by atoms with Crippen molar-refractivity contribution < 1.29 is 19.1 Å². The van der Waals surface area contributed by atoms with Crippen molar-refractivity contribution in [1.82, 2.24) is 0 Å². The first-order valence-corrected chi connectivity index (χ1v) is 10.9. The Morgan fingerprint density at radius 1 is 0.966 bits per heavy atom. The maximum Gasteiger partial charge on any atom is 0.345 e. The summed E-state index contributed by atoms with van der Waals surface area (Å²) in [6.07, 6.45) is 3.87. The molecule has 0 amide bonds. The van der Waals surface area contributed by atoms with E-state index in [1.165, 1.54) is 11.1 Å². The Morgan fingerprint density at radius 2 is 1.48 bits per heavy atom. The van der Waals surface area contributed by atoms with Crippen LogP contribution in [-0.4, -0.2) is 25.2 Å². The Hall–Kier alpha value is -2.10. The molecule has 2 saturated carbocycles. The Bertz CT molecular complexity index is 849. The number of hydrogen-bond acceptors (Lipinski definition) is 4. The molecule has 0 aromatic heterocycles. The van der Waals surface area contributed by atoms with Gasteiger partial charge in [-0.25, -0.2) is 9.59 Å². The highest BCUT2D eigenvalue weighted by Gasteiger charge is 2.71. The highest BCUT2D eigenvalue weighted by atomic mass is 16.6. The van der Waals surface area contributed by atoms with E-state index in [0.717, 1.165) is 31.3 Å². The maximum atomic E-state index is 13.1. The molecule has 2 bridgehead atoms. The van der Waals surface area contributed by atoms with Gasteiger partial charge in [0.15, 0.2) is 0 Å². The van der Waals surface area contributed by atoms with Crippen molar-refractivity contribution in [3.63, 3.8) is 0 Å². The molecule has 0 radical (unpaired) electrons. The Labute approximate surface area is 173 Å². The smallest absolute Gasteiger partial charge is 0.345 e. The van der Waals surface area contributed by atoms with Gasteiger partial charge in [0.2, 0.25) is 0 Å². The molecule has 2 fully saturated rings. The zero-order chi connectivity index (χ0) is 21.0. The van der Waals surface area contributed by atoms with Gasteiger partial charge in [-0.3, -0.25) is 0 Å². The summed E-state index contributed by atoms with van der Waals surface area (Å²) < 4.78 is 10.8. The average molecular weight is 397 g/mol. The maximum absolute atomic E-state index is 13.1. The zero-order valence-corrected chi connectivity index (χ0v) is 18.3. The highest BCUT2D eigenvalue weighted by Crippen LogP contribution is 2.77. The largest absolute Gasteiger partial charge is 0.462 e. The molecule has 2 unspecified atom stereocenters. The van der Waals surface area contributed by atoms with Crippen LogP contribution in [0.25, 0.3) is 0 Å². The van der Waals surface area contributed by atoms with Crippen molar-refractivity contribution in [2.45, 2.75) is 60.3 Å². The molecule has 4 heteroatoms. The van der Waals surface area contributed by atoms with Crippen LogP contribution in [-0.2, 0) is 31.9 Å². The number of fused-ring (bicyclic) bond motifs is 4. The second-order valence-corrected chi connectivity index (χ2v) is 9.61. The van der Waals surface area contributed by atoms with Crippen LogP contribution in [0.4, 0.5) is 0 Å². The molecule has 0 N–H and O–H groups in total. The third kappa shape index (κ3) is 2.57. The number of hydrogen-bond donors (Lipinski definition) is 0. The lowest BCUT2D eigenvalue weighted by Crippen LogP contribution is -2.37. The molecule has 3 aliphatic rings. The second-order valence-electron chi connectivity index (χ2n) is 9.61. The van der Waals surface area contributed by atoms with E-state index in [9.17, 15) is 9.59 Å². The van der Waals surface area contributed by atoms with E-state index >= 15 is 0 Å². The Kier molecular flexibility index (Phi) is 4.67. The second kappa shape index (κ2) is 6.72. The Balaban J connectivity index is 1.98. The van der Waals surface area contributed by atoms with E-state index in [1.807, 2.05) is 0 Å². The van der Waals surface area contributed by atoms with Crippen LogP contribution in [0.1, 0.15) is 58.6 Å². The van der Waals surface area contributed by atoms with Gasteiger partial charge in [-0.2, -0.15) is 0 Å². The number of allylic oxidation sites excluding steroid dienone is 1. The number of carbonyl (C=O) groups excluding carboxylic acids is 2. The molecule has 4 rings (SSSR count). The van der Waals surface area contributed by atoms with Crippen LogP contribution in [0.15, 0.2) is 35.4 Å². The standard InChI is InChI=1S/C25H32O4/c1-6-28-21(26)19(22(27)29-7-2)20-24(5)13-12-18(23(24,3)4)25(20)14-16-10-8-9-11-17(16)15-25/h8-11,18H,6-7,12-15H2,1-5H3. The molecular weight excluding hydrogens is 364 g/mol. The predicted molar refractivity (Wildman–Crippen MR) is 111 cm³/mol. The summed E-state index contributed by atoms with van der Waals surface area (Å²) in [5.74, 6) is -0.636. The fraction of sp³-hybridized carbons (Fsp3) is 0.600. The van der Waals surface area contributed by atoms with Crippen LogP contribution in [0.3, 0.4) is 0 Å². The molecule has 2 atom stereocenters. The summed E-state index contributed by atoms with van der Waals surface area (Å²) in [7, 11) is 0. The molecule has 29 heavy (non-hydrogen) atoms. The van der Waals surface area contributed by atoms with Crippen LogP contribution in [0.5, 0.6) is 0 Å². The molecule has 1 spiro atoms. The van der Waals surface area contributed by atoms with Crippen molar-refractivity contribution in [1.29, 1.82) is 0 Å². The minimum Gasteiger partial charge on any atom is -0.462 e. The van der Waals surface area contributed by atoms with Gasteiger partial charge in [0.05, 0.1) is 13.2 Å². The van der Waals surface area contributed by atoms with Crippen LogP contribution in [0.2, 0.25) is 0 Å². The SMILES string of the molecule is CCOC(=O)C(C(=O)OCC)=C1C2(Cc3ccccc3C2)C2CCC1(C)C2(C)C. The molecule has 3 aliphatic carbocycles. The summed E-state index contributed by atoms with van der Waals surface area (Å²) in [5, 5.41) is 0. The van der Waals surface area contributed by atoms with Crippen LogP contribution < -0.4 is 0 Å². The van der Waals surface area contributed by atoms with Gasteiger partial charge in [0, 0.05) is 5.41 Å². The predicted octanol–water partition coefficient (Wildman–Crippen LogP) is 4.65. The normalized spacial score (nSPS) is 27.8. The molecule has 0 heterocycles. The third-order valence-corrected chi connectivity index (χ3v) is 8.28. The molecule has 156 valence electrons. The van der Waals surface area contributed by atoms with Gasteiger partial charge < -0.3 is 9.47 Å². The fourth-order valence-corrected chi connectivity index (χ4v) is 6.93. The minimum absolute atomic E-state index is 0.00534. The van der Waals surface area contributed by atoms with E-state index in [-0.39, 0.29) is 35.0 Å². The number of rotatable bonds is 4. The van der Waals surface area contributed by atoms with E-state index in [2.05, 4.69) is 45.0 Å². The van der Waals surface area contributed by atoms with Crippen molar-refractivity contribution in [2.24, 2.45) is 22.2 Å². The quantitative estimate of drug-likeness (QED) is 0.322. The lowest BCUT2D eigenvalue weighted by atomic mass is 9.62. The molecule has 0 saturated heterocycles. The van der Waals surface area contributed by atoms with E-state index in [4.69, 9.17) is 9.47 Å². The van der Waals surface area contributed by atoms with Crippen LogP contribution >= 0.6 is 0 Å². The summed E-state index contributed by atoms with van der Waals surface area (Å²) in [5.41, 5.74) is 3.39. The molecule has 0 aliphatic heterocycles. The molecule has 1 aromatic rings. The van der Waals surface area contributed by atoms with Crippen molar-refractivity contribution in [3.05, 3.63) is 46.5 Å². The first-order chi connectivity index (χ1) is 13.7. The van der Waals surface area contributed by atoms with Gasteiger partial charge in [-0.15, -0.1) is 0 Å². The van der Waals surface area contributed by atoms with Crippen LogP contribution in [0, 0.1) is 22.2 Å². The lowest BCUT2D eigenvalue weighted by Gasteiger charge is -2.40. The van der Waals surface area contributed by atoms with Crippen molar-refractivity contribution in [2.75, 3.05) is 13.2 Å². The molecular formula is C25H32O4. The number of esters is 2. The van der Waals surface area contributed by atoms with Crippen molar-refractivity contribution >= 4 is 11.9 Å². The first kappa shape index (κ1) is 20.2. The van der Waals surface area contributed by atoms with Gasteiger partial charge in [0.25, 0.3) is 0 Å². The Morgan fingerprint density at radius 3 is 1.97 bits per heavy atom. The van der Waals surface area contributed by atoms with E-state index in [1.54, 1.807) is 13.8 Å². The summed E-state index contributed by atoms with van der Waals surface area (Å²) in [4.78, 5) is 26.2. The molecule has 1 aromatic carbocycles. The molecule has 4 nitrogen and oxygen atoms in total. The zero-order valence-electron chi connectivity index (χ0n) is 18.3. The highest BCUT2D eigenvalue weighted by molar-refractivity contribution is 6.15. The number of benzene rings is 1. The first-order valence-electron chi connectivity index (χ1n) is 10.9. The van der Waals surface area contributed by atoms with E-state index < -0.39 is 11.9 Å². The monoisotopic (exact) mass is 396 g/mol. The number of carbonyl (C=O) groups is 2. The van der Waals surface area contributed by atoms with E-state index in [0.29, 0.717) is 5.92 Å². The lowest BCUT2D eigenvalue weighted by molar-refractivity contribution is -0.147.